The molecular formula is C17H16N2O4S. The summed E-state index contributed by atoms with van der Waals surface area (Å²) in [7, 11) is 3.15. The summed E-state index contributed by atoms with van der Waals surface area (Å²) in [5.41, 5.74) is 2.63. The minimum atomic E-state index is -0.958. The van der Waals surface area contributed by atoms with Gasteiger partial charge in [0.15, 0.2) is 11.5 Å². The van der Waals surface area contributed by atoms with E-state index in [1.807, 2.05) is 6.07 Å². The first-order chi connectivity index (χ1) is 11.5. The average molecular weight is 344 g/mol. The number of ether oxygens (including phenoxy) is 2. The van der Waals surface area contributed by atoms with Crippen LogP contribution in [0.25, 0.3) is 11.0 Å². The van der Waals surface area contributed by atoms with Crippen LogP contribution >= 0.6 is 12.6 Å². The van der Waals surface area contributed by atoms with Crippen LogP contribution in [0.2, 0.25) is 0 Å². The first kappa shape index (κ1) is 16.2. The highest BCUT2D eigenvalue weighted by atomic mass is 32.1. The Balaban J connectivity index is 1.97. The van der Waals surface area contributed by atoms with Crippen molar-refractivity contribution in [1.82, 2.24) is 9.97 Å². The van der Waals surface area contributed by atoms with Crippen LogP contribution < -0.4 is 9.47 Å². The number of nitrogens with one attached hydrogen (secondary N) is 1. The van der Waals surface area contributed by atoms with Gasteiger partial charge >= 0.3 is 5.97 Å². The van der Waals surface area contributed by atoms with Crippen molar-refractivity contribution < 1.29 is 19.4 Å². The van der Waals surface area contributed by atoms with Crippen molar-refractivity contribution in [2.24, 2.45) is 0 Å². The number of nitrogens with zero attached hydrogens (tertiary/aromatic N) is 1. The Morgan fingerprint density at radius 1 is 1.17 bits per heavy atom. The fourth-order valence-electron chi connectivity index (χ4n) is 2.45. The maximum atomic E-state index is 10.9. The molecular weight excluding hydrogens is 328 g/mol. The fourth-order valence-corrected chi connectivity index (χ4v) is 2.75. The van der Waals surface area contributed by atoms with Gasteiger partial charge in [0.25, 0.3) is 0 Å². The third-order valence-corrected chi connectivity index (χ3v) is 4.28. The standard InChI is InChI=1S/C17H16N2O4S/c1-22-13-7-11-12(8-14(13)23-2)19-16(18-11)15(24)9-3-5-10(6-4-9)17(20)21/h3-8,15,24H,1-2H3,(H,18,19)(H,20,21). The molecule has 3 aromatic rings. The van der Waals surface area contributed by atoms with Crippen LogP contribution in [0.4, 0.5) is 0 Å². The SMILES string of the molecule is COc1cc2nc(C(S)c3ccc(C(=O)O)cc3)[nH]c2cc1OC. The maximum Gasteiger partial charge on any atom is 0.335 e. The molecule has 0 saturated heterocycles. The molecule has 0 aliphatic heterocycles. The predicted molar refractivity (Wildman–Crippen MR) is 93.4 cm³/mol. The summed E-state index contributed by atoms with van der Waals surface area (Å²) in [5.74, 6) is 0.915. The number of carboxylic acid groups (broad SMARTS) is 1. The van der Waals surface area contributed by atoms with Gasteiger partial charge in [-0.1, -0.05) is 12.1 Å². The molecule has 2 N–H and O–H groups in total. The molecule has 0 bridgehead atoms. The van der Waals surface area contributed by atoms with E-state index < -0.39 is 5.97 Å². The fraction of sp³-hybridized carbons (Fsp3) is 0.176. The van der Waals surface area contributed by atoms with Crippen LogP contribution in [-0.2, 0) is 0 Å². The number of H-pyrrole nitrogens is 1. The predicted octanol–water partition coefficient (Wildman–Crippen LogP) is 3.30. The van der Waals surface area contributed by atoms with Crippen LogP contribution in [0.5, 0.6) is 11.5 Å². The molecule has 3 rings (SSSR count). The summed E-state index contributed by atoms with van der Waals surface area (Å²) < 4.78 is 10.6. The van der Waals surface area contributed by atoms with E-state index >= 15 is 0 Å². The zero-order valence-electron chi connectivity index (χ0n) is 13.1. The first-order valence-electron chi connectivity index (χ1n) is 7.16. The number of benzene rings is 2. The van der Waals surface area contributed by atoms with Gasteiger partial charge in [-0.25, -0.2) is 9.78 Å². The van der Waals surface area contributed by atoms with Crippen molar-refractivity contribution in [3.8, 4) is 11.5 Å². The van der Waals surface area contributed by atoms with E-state index in [0.717, 1.165) is 16.6 Å². The van der Waals surface area contributed by atoms with Gasteiger partial charge in [-0.05, 0) is 17.7 Å². The molecule has 1 heterocycles. The first-order valence-corrected chi connectivity index (χ1v) is 7.68. The summed E-state index contributed by atoms with van der Waals surface area (Å²) in [6.45, 7) is 0. The minimum Gasteiger partial charge on any atom is -0.493 e. The lowest BCUT2D eigenvalue weighted by Gasteiger charge is -2.08. The molecule has 7 heteroatoms. The highest BCUT2D eigenvalue weighted by Crippen LogP contribution is 2.33. The zero-order valence-corrected chi connectivity index (χ0v) is 14.0. The molecule has 24 heavy (non-hydrogen) atoms. The Labute approximate surface area is 143 Å². The molecule has 0 saturated carbocycles. The van der Waals surface area contributed by atoms with Gasteiger partial charge in [0.05, 0.1) is 36.1 Å². The highest BCUT2D eigenvalue weighted by Gasteiger charge is 2.16. The smallest absolute Gasteiger partial charge is 0.335 e. The number of hydrogen-bond donors (Lipinski definition) is 3. The molecule has 0 aliphatic rings. The van der Waals surface area contributed by atoms with Crippen molar-refractivity contribution in [3.63, 3.8) is 0 Å². The molecule has 0 amide bonds. The van der Waals surface area contributed by atoms with Crippen LogP contribution in [0.3, 0.4) is 0 Å². The molecule has 6 nitrogen and oxygen atoms in total. The molecule has 1 aromatic heterocycles. The summed E-state index contributed by atoms with van der Waals surface area (Å²) >= 11 is 4.60. The molecule has 0 aliphatic carbocycles. The van der Waals surface area contributed by atoms with Crippen LogP contribution in [0.15, 0.2) is 36.4 Å². The zero-order chi connectivity index (χ0) is 17.3. The van der Waals surface area contributed by atoms with E-state index in [9.17, 15) is 4.79 Å². The largest absolute Gasteiger partial charge is 0.493 e. The van der Waals surface area contributed by atoms with Gasteiger partial charge in [0.1, 0.15) is 5.82 Å². The molecule has 0 fully saturated rings. The van der Waals surface area contributed by atoms with E-state index in [2.05, 4.69) is 22.6 Å². The van der Waals surface area contributed by atoms with Crippen LogP contribution in [-0.4, -0.2) is 35.3 Å². The Hall–Kier alpha value is -2.67. The number of aromatic amines is 1. The summed E-state index contributed by atoms with van der Waals surface area (Å²) in [6.07, 6.45) is 0. The Bertz CT molecular complexity index is 848. The second-order valence-corrected chi connectivity index (χ2v) is 5.69. The number of carbonyl (C=O) groups is 1. The molecule has 1 unspecified atom stereocenters. The summed E-state index contributed by atoms with van der Waals surface area (Å²) in [6, 6.07) is 10.2. The third-order valence-electron chi connectivity index (χ3n) is 3.74. The quantitative estimate of drug-likeness (QED) is 0.619. The molecule has 1 atom stereocenters. The number of imidazole rings is 1. The lowest BCUT2D eigenvalue weighted by molar-refractivity contribution is 0.0697. The Kier molecular flexibility index (Phi) is 4.35. The van der Waals surface area contributed by atoms with Crippen molar-refractivity contribution in [2.75, 3.05) is 14.2 Å². The number of hydrogen-bond acceptors (Lipinski definition) is 5. The normalized spacial score (nSPS) is 12.1. The van der Waals surface area contributed by atoms with Gasteiger partial charge in [0.2, 0.25) is 0 Å². The lowest BCUT2D eigenvalue weighted by Crippen LogP contribution is -1.99. The molecule has 0 spiro atoms. The van der Waals surface area contributed by atoms with Crippen LogP contribution in [0.1, 0.15) is 27.0 Å². The Morgan fingerprint density at radius 3 is 2.38 bits per heavy atom. The number of aromatic nitrogens is 2. The van der Waals surface area contributed by atoms with E-state index in [1.54, 1.807) is 44.6 Å². The number of thiol groups is 1. The van der Waals surface area contributed by atoms with E-state index in [1.165, 1.54) is 0 Å². The van der Waals surface area contributed by atoms with E-state index in [0.29, 0.717) is 17.3 Å². The summed E-state index contributed by atoms with van der Waals surface area (Å²) in [5, 5.41) is 8.66. The van der Waals surface area contributed by atoms with E-state index in [4.69, 9.17) is 14.6 Å². The second-order valence-electron chi connectivity index (χ2n) is 5.18. The van der Waals surface area contributed by atoms with Gasteiger partial charge in [-0.3, -0.25) is 0 Å². The number of aromatic carboxylic acids is 1. The lowest BCUT2D eigenvalue weighted by atomic mass is 10.1. The highest BCUT2D eigenvalue weighted by molar-refractivity contribution is 7.80. The topological polar surface area (TPSA) is 84.4 Å². The van der Waals surface area contributed by atoms with Crippen molar-refractivity contribution in [1.29, 1.82) is 0 Å². The van der Waals surface area contributed by atoms with E-state index in [-0.39, 0.29) is 10.8 Å². The molecule has 124 valence electrons. The van der Waals surface area contributed by atoms with Crippen LogP contribution in [0, 0.1) is 0 Å². The van der Waals surface area contributed by atoms with Gasteiger partial charge in [-0.2, -0.15) is 12.6 Å². The molecule has 2 aromatic carbocycles. The average Bonchev–Trinajstić information content (AvgIpc) is 3.02. The number of methoxy groups -OCH3 is 2. The van der Waals surface area contributed by atoms with Crippen molar-refractivity contribution in [3.05, 3.63) is 53.3 Å². The molecule has 0 radical (unpaired) electrons. The number of fused-ring (bicyclic) bond motifs is 1. The van der Waals surface area contributed by atoms with Gasteiger partial charge in [0, 0.05) is 12.1 Å². The minimum absolute atomic E-state index is 0.235. The maximum absolute atomic E-state index is 10.9. The number of carboxylic acids is 1. The number of rotatable bonds is 5. The van der Waals surface area contributed by atoms with Gasteiger partial charge < -0.3 is 19.6 Å². The Morgan fingerprint density at radius 2 is 1.79 bits per heavy atom. The van der Waals surface area contributed by atoms with Crippen molar-refractivity contribution in [2.45, 2.75) is 5.25 Å². The third kappa shape index (κ3) is 2.90. The van der Waals surface area contributed by atoms with Gasteiger partial charge in [-0.15, -0.1) is 0 Å². The van der Waals surface area contributed by atoms with Crippen molar-refractivity contribution >= 4 is 29.6 Å². The second kappa shape index (κ2) is 6.45. The monoisotopic (exact) mass is 344 g/mol. The summed E-state index contributed by atoms with van der Waals surface area (Å²) in [4.78, 5) is 18.7.